The normalized spacial score (nSPS) is 15.4. The molecule has 3 N–H and O–H groups in total. The van der Waals surface area contributed by atoms with Crippen LogP contribution >= 0.6 is 22.7 Å². The number of benzene rings is 1. The van der Waals surface area contributed by atoms with E-state index in [2.05, 4.69) is 10.6 Å². The molecule has 39 heavy (non-hydrogen) atoms. The van der Waals surface area contributed by atoms with Crippen LogP contribution in [0.15, 0.2) is 51.6 Å². The predicted molar refractivity (Wildman–Crippen MR) is 152 cm³/mol. The summed E-state index contributed by atoms with van der Waals surface area (Å²) in [5, 5.41) is 20.1. The lowest BCUT2D eigenvalue weighted by molar-refractivity contribution is -0.135. The first kappa shape index (κ1) is 27.0. The maximum absolute atomic E-state index is 12.9. The van der Waals surface area contributed by atoms with Crippen LogP contribution in [0.5, 0.6) is 0 Å². The Morgan fingerprint density at radius 1 is 1.13 bits per heavy atom. The van der Waals surface area contributed by atoms with Crippen LogP contribution in [-0.4, -0.2) is 65.5 Å². The van der Waals surface area contributed by atoms with Crippen LogP contribution < -0.4 is 10.6 Å². The number of aliphatic hydroxyl groups excluding tert-OH is 1. The number of piperidine rings is 1. The summed E-state index contributed by atoms with van der Waals surface area (Å²) < 4.78 is 5.93. The maximum Gasteiger partial charge on any atom is 0.262 e. The number of rotatable bonds is 10. The van der Waals surface area contributed by atoms with Gasteiger partial charge in [-0.3, -0.25) is 14.4 Å². The number of para-hydroxylation sites is 1. The molecule has 0 aliphatic carbocycles. The van der Waals surface area contributed by atoms with Crippen molar-refractivity contribution in [3.05, 3.63) is 52.0 Å². The summed E-state index contributed by atoms with van der Waals surface area (Å²) in [5.74, 6) is 0.124. The fourth-order valence-corrected chi connectivity index (χ4v) is 6.41. The molecule has 204 valence electrons. The van der Waals surface area contributed by atoms with Crippen molar-refractivity contribution in [3.63, 3.8) is 0 Å². The highest BCUT2D eigenvalue weighted by Gasteiger charge is 2.28. The fourth-order valence-electron chi connectivity index (χ4n) is 4.69. The third kappa shape index (κ3) is 6.38. The first-order chi connectivity index (χ1) is 19.0. The average molecular weight is 567 g/mol. The molecule has 1 saturated heterocycles. The van der Waals surface area contributed by atoms with Gasteiger partial charge in [-0.25, -0.2) is 4.98 Å². The summed E-state index contributed by atoms with van der Waals surface area (Å²) in [6.45, 7) is 1.52. The van der Waals surface area contributed by atoms with Crippen LogP contribution in [-0.2, 0) is 9.59 Å². The number of furan rings is 1. The number of likely N-dealkylation sites (tertiary alicyclic amines) is 1. The summed E-state index contributed by atoms with van der Waals surface area (Å²) in [7, 11) is 0. The number of aromatic nitrogens is 1. The Morgan fingerprint density at radius 2 is 2.00 bits per heavy atom. The summed E-state index contributed by atoms with van der Waals surface area (Å²) in [5.41, 5.74) is 2.31. The number of fused-ring (bicyclic) bond motifs is 1. The van der Waals surface area contributed by atoms with Gasteiger partial charge in [-0.1, -0.05) is 18.2 Å². The standard InChI is InChI=1S/C28H30N4O5S2/c33-13-11-30-26(35)19-6-4-12-32(16-19)24(34)8-3-10-29-27(36)25-20(9-14-38-25)28-31-21(17-39-28)23-15-18-5-1-2-7-22(18)37-23/h1-2,5,7,9,14-15,17,19,33H,3-4,6,8,10-13,16H2,(H,29,36)(H,30,35). The van der Waals surface area contributed by atoms with Crippen LogP contribution in [0.25, 0.3) is 33.0 Å². The number of hydrogen-bond donors (Lipinski definition) is 3. The smallest absolute Gasteiger partial charge is 0.262 e. The van der Waals surface area contributed by atoms with Crippen LogP contribution in [0, 0.1) is 5.92 Å². The third-order valence-electron chi connectivity index (χ3n) is 6.69. The predicted octanol–water partition coefficient (Wildman–Crippen LogP) is 4.14. The highest BCUT2D eigenvalue weighted by atomic mass is 32.1. The van der Waals surface area contributed by atoms with E-state index in [0.29, 0.717) is 43.1 Å². The zero-order chi connectivity index (χ0) is 27.2. The van der Waals surface area contributed by atoms with Gasteiger partial charge < -0.3 is 25.1 Å². The van der Waals surface area contributed by atoms with Crippen molar-refractivity contribution in [2.24, 2.45) is 5.92 Å². The van der Waals surface area contributed by atoms with Gasteiger partial charge in [0.2, 0.25) is 11.8 Å². The second-order valence-corrected chi connectivity index (χ2v) is 11.2. The molecule has 9 nitrogen and oxygen atoms in total. The minimum absolute atomic E-state index is 0.0124. The second kappa shape index (κ2) is 12.5. The van der Waals surface area contributed by atoms with Gasteiger partial charge in [-0.2, -0.15) is 0 Å². The topological polar surface area (TPSA) is 125 Å². The van der Waals surface area contributed by atoms with Gasteiger partial charge in [0.1, 0.15) is 21.2 Å². The van der Waals surface area contributed by atoms with Crippen LogP contribution in [0.3, 0.4) is 0 Å². The van der Waals surface area contributed by atoms with E-state index in [4.69, 9.17) is 14.5 Å². The SMILES string of the molecule is O=C(NCCCC(=O)N1CCCC(C(=O)NCCO)C1)c1sccc1-c1nc(-c2cc3ccccc3o2)cs1. The van der Waals surface area contributed by atoms with E-state index >= 15 is 0 Å². The molecule has 1 fully saturated rings. The van der Waals surface area contributed by atoms with E-state index in [1.165, 1.54) is 22.7 Å². The van der Waals surface area contributed by atoms with E-state index in [1.807, 2.05) is 47.2 Å². The largest absolute Gasteiger partial charge is 0.454 e. The number of nitrogens with one attached hydrogen (secondary N) is 2. The average Bonchev–Trinajstić information content (AvgIpc) is 3.72. The Labute approximate surface area is 233 Å². The van der Waals surface area contributed by atoms with Crippen molar-refractivity contribution in [1.29, 1.82) is 0 Å². The first-order valence-corrected chi connectivity index (χ1v) is 14.8. The Bertz CT molecular complexity index is 1430. The Kier molecular flexibility index (Phi) is 8.70. The monoisotopic (exact) mass is 566 g/mol. The number of thiophene rings is 1. The highest BCUT2D eigenvalue weighted by Crippen LogP contribution is 2.35. The minimum Gasteiger partial charge on any atom is -0.454 e. The molecular formula is C28H30N4O5S2. The van der Waals surface area contributed by atoms with E-state index in [0.717, 1.165) is 40.1 Å². The molecule has 3 aromatic heterocycles. The molecule has 11 heteroatoms. The van der Waals surface area contributed by atoms with Crippen molar-refractivity contribution in [2.75, 3.05) is 32.8 Å². The number of aliphatic hydroxyl groups is 1. The zero-order valence-electron chi connectivity index (χ0n) is 21.4. The van der Waals surface area contributed by atoms with E-state index in [1.54, 1.807) is 4.90 Å². The molecule has 4 aromatic rings. The molecule has 1 aromatic carbocycles. The van der Waals surface area contributed by atoms with Crippen molar-refractivity contribution >= 4 is 51.4 Å². The molecule has 4 heterocycles. The highest BCUT2D eigenvalue weighted by molar-refractivity contribution is 7.15. The molecule has 1 aliphatic heterocycles. The van der Waals surface area contributed by atoms with Crippen molar-refractivity contribution < 1.29 is 23.9 Å². The quantitative estimate of drug-likeness (QED) is 0.248. The number of carbonyl (C=O) groups excluding carboxylic acids is 3. The molecular weight excluding hydrogens is 536 g/mol. The van der Waals surface area contributed by atoms with Crippen molar-refractivity contribution in [3.8, 4) is 22.0 Å². The molecule has 1 aliphatic rings. The van der Waals surface area contributed by atoms with Gasteiger partial charge in [0.15, 0.2) is 5.76 Å². The molecule has 5 rings (SSSR count). The molecule has 0 radical (unpaired) electrons. The van der Waals surface area contributed by atoms with Gasteiger partial charge in [0.05, 0.1) is 12.5 Å². The molecule has 0 saturated carbocycles. The van der Waals surface area contributed by atoms with E-state index < -0.39 is 0 Å². The van der Waals surface area contributed by atoms with Crippen LogP contribution in [0.4, 0.5) is 0 Å². The van der Waals surface area contributed by atoms with E-state index in [9.17, 15) is 14.4 Å². The Balaban J connectivity index is 1.12. The third-order valence-corrected chi connectivity index (χ3v) is 8.48. The fraction of sp³-hybridized carbons (Fsp3) is 0.357. The lowest BCUT2D eigenvalue weighted by Gasteiger charge is -2.32. The number of carbonyl (C=O) groups is 3. The van der Waals surface area contributed by atoms with Gasteiger partial charge >= 0.3 is 0 Å². The summed E-state index contributed by atoms with van der Waals surface area (Å²) in [4.78, 5) is 44.9. The molecule has 1 unspecified atom stereocenters. The minimum atomic E-state index is -0.246. The number of nitrogens with zero attached hydrogens (tertiary/aromatic N) is 2. The summed E-state index contributed by atoms with van der Waals surface area (Å²) in [6, 6.07) is 11.7. The molecule has 3 amide bonds. The second-order valence-electron chi connectivity index (χ2n) is 9.40. The lowest BCUT2D eigenvalue weighted by atomic mass is 9.96. The van der Waals surface area contributed by atoms with Gasteiger partial charge in [0, 0.05) is 48.9 Å². The maximum atomic E-state index is 12.9. The van der Waals surface area contributed by atoms with Crippen LogP contribution in [0.1, 0.15) is 35.4 Å². The van der Waals surface area contributed by atoms with Crippen molar-refractivity contribution in [1.82, 2.24) is 20.5 Å². The lowest BCUT2D eigenvalue weighted by Crippen LogP contribution is -2.46. The van der Waals surface area contributed by atoms with Gasteiger partial charge in [0.25, 0.3) is 5.91 Å². The summed E-state index contributed by atoms with van der Waals surface area (Å²) >= 11 is 2.82. The number of hydrogen-bond acceptors (Lipinski definition) is 8. The molecule has 0 spiro atoms. The number of amides is 3. The van der Waals surface area contributed by atoms with E-state index in [-0.39, 0.29) is 36.8 Å². The van der Waals surface area contributed by atoms with Gasteiger partial charge in [-0.15, -0.1) is 22.7 Å². The molecule has 0 bridgehead atoms. The molecule has 1 atom stereocenters. The number of thiazole rings is 1. The zero-order valence-corrected chi connectivity index (χ0v) is 23.0. The first-order valence-electron chi connectivity index (χ1n) is 13.0. The van der Waals surface area contributed by atoms with Gasteiger partial charge in [-0.05, 0) is 42.8 Å². The van der Waals surface area contributed by atoms with Crippen LogP contribution in [0.2, 0.25) is 0 Å². The summed E-state index contributed by atoms with van der Waals surface area (Å²) in [6.07, 6.45) is 2.32. The Morgan fingerprint density at radius 3 is 2.85 bits per heavy atom. The Hall–Kier alpha value is -3.54. The van der Waals surface area contributed by atoms with Crippen molar-refractivity contribution in [2.45, 2.75) is 25.7 Å².